The minimum atomic E-state index is -0.642. The van der Waals surface area contributed by atoms with Gasteiger partial charge in [-0.05, 0) is 114 Å². The normalized spacial score (nSPS) is 32.6. The van der Waals surface area contributed by atoms with Crippen molar-refractivity contribution in [2.45, 2.75) is 117 Å². The van der Waals surface area contributed by atoms with Crippen LogP contribution in [0.3, 0.4) is 0 Å². The summed E-state index contributed by atoms with van der Waals surface area (Å²) < 4.78 is 7.60. The fourth-order valence-corrected chi connectivity index (χ4v) is 11.7. The highest BCUT2D eigenvalue weighted by molar-refractivity contribution is 5.47. The molecule has 4 aliphatic carbocycles. The van der Waals surface area contributed by atoms with Crippen molar-refractivity contribution in [3.05, 3.63) is 119 Å². The monoisotopic (exact) mass is 628 g/mol. The molecule has 0 saturated heterocycles. The lowest BCUT2D eigenvalue weighted by Gasteiger charge is -2.59. The van der Waals surface area contributed by atoms with E-state index in [1.807, 2.05) is 0 Å². The van der Waals surface area contributed by atoms with Gasteiger partial charge in [0.25, 0.3) is 0 Å². The zero-order valence-electron chi connectivity index (χ0n) is 30.0. The molecule has 1 nitrogen and oxygen atoms in total. The Morgan fingerprint density at radius 1 is 0.702 bits per heavy atom. The van der Waals surface area contributed by atoms with E-state index in [9.17, 15) is 0 Å². The lowest BCUT2D eigenvalue weighted by Crippen LogP contribution is -2.51. The summed E-state index contributed by atoms with van der Waals surface area (Å²) in [5, 5.41) is 0. The van der Waals surface area contributed by atoms with Crippen molar-refractivity contribution in [1.29, 1.82) is 0 Å². The first-order chi connectivity index (χ1) is 22.8. The number of allylic oxidation sites excluding steroid dienone is 1. The molecule has 1 heteroatoms. The van der Waals surface area contributed by atoms with Crippen LogP contribution in [0.4, 0.5) is 0 Å². The topological polar surface area (TPSA) is 9.23 Å². The van der Waals surface area contributed by atoms with Gasteiger partial charge in [0.2, 0.25) is 0 Å². The molecule has 0 bridgehead atoms. The van der Waals surface area contributed by atoms with Crippen molar-refractivity contribution >= 4 is 0 Å². The van der Waals surface area contributed by atoms with E-state index in [1.54, 1.807) is 5.57 Å². The van der Waals surface area contributed by atoms with E-state index < -0.39 is 5.60 Å². The standard InChI is InChI=1S/C46H60O/c1-33(2)16-15-17-34(3)41-26-27-42-40-25-24-38-32-39(28-30-44(38,4)43(40)29-31-45(41,42)5)47-46(35-18-9-6-10-19-35,36-20-11-7-12-21-36)37-22-13-8-14-23-37/h6-14,18-24,33-34,39-43H,15-17,25-32H2,1-5H3/t34?,39?,40?,41?,42?,43?,44-,45+/m0/s1. The zero-order chi connectivity index (χ0) is 32.6. The molecule has 3 saturated carbocycles. The second kappa shape index (κ2) is 13.3. The smallest absolute Gasteiger partial charge is 0.144 e. The second-order valence-electron chi connectivity index (χ2n) is 17.1. The maximum Gasteiger partial charge on any atom is 0.144 e. The Balaban J connectivity index is 1.14. The third kappa shape index (κ3) is 5.88. The number of benzene rings is 3. The van der Waals surface area contributed by atoms with Crippen molar-refractivity contribution in [3.63, 3.8) is 0 Å². The molecule has 6 unspecified atom stereocenters. The quantitative estimate of drug-likeness (QED) is 0.160. The molecule has 0 radical (unpaired) electrons. The Bertz CT molecular complexity index is 1390. The fraction of sp³-hybridized carbons (Fsp3) is 0.565. The summed E-state index contributed by atoms with van der Waals surface area (Å²) in [5.74, 6) is 5.23. The van der Waals surface area contributed by atoms with Gasteiger partial charge in [0.1, 0.15) is 5.60 Å². The van der Waals surface area contributed by atoms with Crippen molar-refractivity contribution < 1.29 is 4.74 Å². The minimum absolute atomic E-state index is 0.183. The summed E-state index contributed by atoms with van der Waals surface area (Å²) in [7, 11) is 0. The van der Waals surface area contributed by atoms with Gasteiger partial charge in [0.15, 0.2) is 0 Å². The number of hydrogen-bond acceptors (Lipinski definition) is 1. The number of rotatable bonds is 10. The van der Waals surface area contributed by atoms with Gasteiger partial charge in [-0.1, -0.05) is 157 Å². The first-order valence-corrected chi connectivity index (χ1v) is 19.3. The summed E-state index contributed by atoms with van der Waals surface area (Å²) in [5.41, 5.74) is 5.56. The van der Waals surface area contributed by atoms with Crippen molar-refractivity contribution in [3.8, 4) is 0 Å². The molecule has 0 aromatic heterocycles. The molecule has 7 rings (SSSR count). The predicted molar refractivity (Wildman–Crippen MR) is 197 cm³/mol. The van der Waals surface area contributed by atoms with E-state index in [2.05, 4.69) is 132 Å². The van der Waals surface area contributed by atoms with E-state index in [1.165, 1.54) is 74.5 Å². The van der Waals surface area contributed by atoms with E-state index >= 15 is 0 Å². The zero-order valence-corrected chi connectivity index (χ0v) is 30.0. The van der Waals surface area contributed by atoms with Gasteiger partial charge in [-0.25, -0.2) is 0 Å². The van der Waals surface area contributed by atoms with Crippen LogP contribution < -0.4 is 0 Å². The summed E-state index contributed by atoms with van der Waals surface area (Å²) in [6.07, 6.45) is 17.7. The highest BCUT2D eigenvalue weighted by atomic mass is 16.5. The molecule has 3 aromatic rings. The molecule has 4 aliphatic rings. The highest BCUT2D eigenvalue weighted by Crippen LogP contribution is 2.67. The first kappa shape index (κ1) is 32.9. The molecule has 250 valence electrons. The van der Waals surface area contributed by atoms with Gasteiger partial charge in [-0.3, -0.25) is 0 Å². The molecule has 3 aromatic carbocycles. The van der Waals surface area contributed by atoms with Crippen LogP contribution in [0.5, 0.6) is 0 Å². The first-order valence-electron chi connectivity index (χ1n) is 19.3. The van der Waals surface area contributed by atoms with Crippen LogP contribution in [0.2, 0.25) is 0 Å². The van der Waals surface area contributed by atoms with E-state index in [0.717, 1.165) is 48.3 Å². The van der Waals surface area contributed by atoms with Gasteiger partial charge in [-0.15, -0.1) is 0 Å². The van der Waals surface area contributed by atoms with Crippen LogP contribution in [-0.2, 0) is 10.3 Å². The van der Waals surface area contributed by atoms with Crippen molar-refractivity contribution in [2.24, 2.45) is 46.3 Å². The average molecular weight is 629 g/mol. The molecular weight excluding hydrogens is 569 g/mol. The van der Waals surface area contributed by atoms with Crippen LogP contribution in [0.1, 0.15) is 122 Å². The van der Waals surface area contributed by atoms with Crippen LogP contribution in [0.25, 0.3) is 0 Å². The Hall–Kier alpha value is -2.64. The Kier molecular flexibility index (Phi) is 9.34. The van der Waals surface area contributed by atoms with E-state index in [0.29, 0.717) is 10.8 Å². The Morgan fingerprint density at radius 3 is 1.87 bits per heavy atom. The van der Waals surface area contributed by atoms with E-state index in [4.69, 9.17) is 4.74 Å². The third-order valence-electron chi connectivity index (χ3n) is 14.1. The van der Waals surface area contributed by atoms with Crippen LogP contribution in [-0.4, -0.2) is 6.10 Å². The molecule has 3 fully saturated rings. The van der Waals surface area contributed by atoms with Crippen molar-refractivity contribution in [1.82, 2.24) is 0 Å². The Morgan fingerprint density at radius 2 is 1.30 bits per heavy atom. The maximum absolute atomic E-state index is 7.60. The molecule has 0 N–H and O–H groups in total. The van der Waals surface area contributed by atoms with Crippen LogP contribution in [0.15, 0.2) is 103 Å². The van der Waals surface area contributed by atoms with Crippen LogP contribution >= 0.6 is 0 Å². The Labute approximate surface area is 286 Å². The molecular formula is C46H60O. The molecule has 0 amide bonds. The van der Waals surface area contributed by atoms with Gasteiger partial charge >= 0.3 is 0 Å². The average Bonchev–Trinajstić information content (AvgIpc) is 3.45. The maximum atomic E-state index is 7.60. The molecule has 47 heavy (non-hydrogen) atoms. The fourth-order valence-electron chi connectivity index (χ4n) is 11.7. The third-order valence-corrected chi connectivity index (χ3v) is 14.1. The lowest BCUT2D eigenvalue weighted by atomic mass is 9.47. The van der Waals surface area contributed by atoms with Crippen molar-refractivity contribution in [2.75, 3.05) is 0 Å². The summed E-state index contributed by atoms with van der Waals surface area (Å²) >= 11 is 0. The number of hydrogen-bond donors (Lipinski definition) is 0. The van der Waals surface area contributed by atoms with Gasteiger partial charge in [-0.2, -0.15) is 0 Å². The SMILES string of the molecule is CC(C)CCCC(C)C1CCC2C3CC=C4CC(OC(c5ccccc5)(c5ccccc5)c5ccccc5)CC[C@]4(C)C3CC[C@]12C. The minimum Gasteiger partial charge on any atom is -0.357 e. The largest absolute Gasteiger partial charge is 0.357 e. The van der Waals surface area contributed by atoms with Crippen LogP contribution in [0, 0.1) is 46.3 Å². The predicted octanol–water partition coefficient (Wildman–Crippen LogP) is 12.4. The molecule has 0 spiro atoms. The molecule has 8 atom stereocenters. The molecule has 0 heterocycles. The van der Waals surface area contributed by atoms with Gasteiger partial charge < -0.3 is 4.74 Å². The lowest BCUT2D eigenvalue weighted by molar-refractivity contribution is -0.0895. The summed E-state index contributed by atoms with van der Waals surface area (Å²) in [6.45, 7) is 12.8. The summed E-state index contributed by atoms with van der Waals surface area (Å²) in [6, 6.07) is 32.9. The summed E-state index contributed by atoms with van der Waals surface area (Å²) in [4.78, 5) is 0. The number of fused-ring (bicyclic) bond motifs is 5. The van der Waals surface area contributed by atoms with Gasteiger partial charge in [0, 0.05) is 0 Å². The molecule has 0 aliphatic heterocycles. The second-order valence-corrected chi connectivity index (χ2v) is 17.1. The van der Waals surface area contributed by atoms with E-state index in [-0.39, 0.29) is 6.10 Å². The highest BCUT2D eigenvalue weighted by Gasteiger charge is 2.59. The van der Waals surface area contributed by atoms with Gasteiger partial charge in [0.05, 0.1) is 6.10 Å². The number of ether oxygens (including phenoxy) is 1.